The lowest BCUT2D eigenvalue weighted by Gasteiger charge is -2.42. The van der Waals surface area contributed by atoms with E-state index in [0.717, 1.165) is 56.6 Å². The Labute approximate surface area is 404 Å². The van der Waals surface area contributed by atoms with Crippen molar-refractivity contribution in [2.75, 3.05) is 4.90 Å². The van der Waals surface area contributed by atoms with Crippen LogP contribution in [0.3, 0.4) is 0 Å². The molecule has 1 saturated carbocycles. The van der Waals surface area contributed by atoms with Crippen molar-refractivity contribution < 1.29 is 0 Å². The second kappa shape index (κ2) is 20.1. The molecule has 8 unspecified atom stereocenters. The number of para-hydroxylation sites is 1. The Balaban J connectivity index is 0.881. The third-order valence-corrected chi connectivity index (χ3v) is 18.0. The minimum Gasteiger partial charge on any atom is -0.399 e. The van der Waals surface area contributed by atoms with Crippen molar-refractivity contribution in [2.45, 2.75) is 174 Å². The molecule has 2 heterocycles. The second-order valence-corrected chi connectivity index (χ2v) is 22.2. The maximum absolute atomic E-state index is 6.87. The monoisotopic (exact) mass is 892 g/mol. The molecule has 1 aliphatic heterocycles. The Bertz CT molecular complexity index is 2600. The molecule has 1 aromatic carbocycles. The van der Waals surface area contributed by atoms with Gasteiger partial charge in [-0.2, -0.15) is 0 Å². The first-order valence-electron chi connectivity index (χ1n) is 27.2. The van der Waals surface area contributed by atoms with E-state index in [2.05, 4.69) is 159 Å². The van der Waals surface area contributed by atoms with Crippen LogP contribution in [-0.2, 0) is 6.42 Å². The van der Waals surface area contributed by atoms with Crippen molar-refractivity contribution in [3.05, 3.63) is 165 Å². The van der Waals surface area contributed by atoms with Crippen LogP contribution in [0.15, 0.2) is 137 Å². The van der Waals surface area contributed by atoms with Crippen molar-refractivity contribution in [1.82, 2.24) is 4.57 Å². The number of allylic oxidation sites excluding steroid dienone is 15. The van der Waals surface area contributed by atoms with E-state index in [9.17, 15) is 0 Å². The van der Waals surface area contributed by atoms with E-state index in [0.29, 0.717) is 41.8 Å². The lowest BCUT2D eigenvalue weighted by atomic mass is 9.69. The molecular weight excluding hydrogens is 811 g/mol. The van der Waals surface area contributed by atoms with Crippen molar-refractivity contribution in [1.29, 1.82) is 0 Å². The number of nitrogens with two attached hydrogens (primary N) is 1. The van der Waals surface area contributed by atoms with Crippen LogP contribution >= 0.6 is 0 Å². The Hall–Kier alpha value is -4.76. The smallest absolute Gasteiger partial charge is 0.0563 e. The van der Waals surface area contributed by atoms with Crippen molar-refractivity contribution in [3.8, 4) is 0 Å². The number of aromatic nitrogens is 1. The highest BCUT2D eigenvalue weighted by Crippen LogP contribution is 2.55. The zero-order valence-corrected chi connectivity index (χ0v) is 41.7. The number of hydrogen-bond acceptors (Lipinski definition) is 2. The number of anilines is 1. The lowest BCUT2D eigenvalue weighted by Crippen LogP contribution is -2.44. The molecule has 0 spiro atoms. The number of fused-ring (bicyclic) bond motifs is 6. The van der Waals surface area contributed by atoms with Crippen LogP contribution in [0.4, 0.5) is 5.69 Å². The molecule has 8 aliphatic rings. The summed E-state index contributed by atoms with van der Waals surface area (Å²) in [6.07, 6.45) is 59.6. The number of benzene rings is 1. The summed E-state index contributed by atoms with van der Waals surface area (Å²) in [5, 5.41) is 3.02. The first-order valence-corrected chi connectivity index (χ1v) is 27.2. The molecule has 2 aromatic rings. The van der Waals surface area contributed by atoms with E-state index in [1.807, 2.05) is 0 Å². The molecule has 7 aliphatic carbocycles. The Kier molecular flexibility index (Phi) is 13.8. The van der Waals surface area contributed by atoms with Gasteiger partial charge in [0.1, 0.15) is 0 Å². The molecule has 8 atom stereocenters. The molecule has 0 radical (unpaired) electrons. The van der Waals surface area contributed by atoms with E-state index in [4.69, 9.17) is 5.73 Å². The molecule has 10 rings (SSSR count). The number of rotatable bonds is 15. The van der Waals surface area contributed by atoms with Crippen molar-refractivity contribution in [2.24, 2.45) is 34.8 Å². The largest absolute Gasteiger partial charge is 0.399 e. The van der Waals surface area contributed by atoms with Gasteiger partial charge in [-0.3, -0.25) is 0 Å². The van der Waals surface area contributed by atoms with Gasteiger partial charge in [0, 0.05) is 39.8 Å². The van der Waals surface area contributed by atoms with Crippen LogP contribution < -0.4 is 21.2 Å². The highest BCUT2D eigenvalue weighted by molar-refractivity contribution is 5.66. The topological polar surface area (TPSA) is 34.2 Å². The minimum atomic E-state index is 0.0360. The molecule has 3 heteroatoms. The molecule has 2 N–H and O–H groups in total. The SMILES string of the molecule is C=CCC(/C=C\C)N1c2ccccc2C2CC(C3C=Cc4c(c5c(n4C4C=CC6=C(C4)C(C)(C)C(CC)=C6/C=C\CC(/C=C(\N)C4=CCCCC4)CCC4CC=CCC4)=CCCC=5)C3)CCC21. The van der Waals surface area contributed by atoms with Crippen LogP contribution in [0.1, 0.15) is 172 Å². The van der Waals surface area contributed by atoms with Gasteiger partial charge in [0.2, 0.25) is 0 Å². The van der Waals surface area contributed by atoms with E-state index < -0.39 is 0 Å². The second-order valence-electron chi connectivity index (χ2n) is 22.2. The van der Waals surface area contributed by atoms with E-state index >= 15 is 0 Å². The van der Waals surface area contributed by atoms with Crippen LogP contribution in [0.25, 0.3) is 18.2 Å². The van der Waals surface area contributed by atoms with Gasteiger partial charge in [-0.1, -0.05) is 135 Å². The van der Waals surface area contributed by atoms with Gasteiger partial charge in [0.25, 0.3) is 0 Å². The fourth-order valence-electron chi connectivity index (χ4n) is 14.6. The fourth-order valence-corrected chi connectivity index (χ4v) is 14.6. The molecular formula is C64H81N3. The fraction of sp³-hybridized carbons (Fsp3) is 0.500. The Morgan fingerprint density at radius 3 is 2.64 bits per heavy atom. The summed E-state index contributed by atoms with van der Waals surface area (Å²) in [6, 6.07) is 10.6. The molecule has 3 nitrogen and oxygen atoms in total. The first-order chi connectivity index (χ1) is 32.8. The van der Waals surface area contributed by atoms with Crippen molar-refractivity contribution >= 4 is 23.9 Å². The quantitative estimate of drug-likeness (QED) is 0.181. The molecule has 67 heavy (non-hydrogen) atoms. The van der Waals surface area contributed by atoms with Gasteiger partial charge in [-0.15, -0.1) is 6.58 Å². The molecule has 0 bridgehead atoms. The van der Waals surface area contributed by atoms with Gasteiger partial charge >= 0.3 is 0 Å². The summed E-state index contributed by atoms with van der Waals surface area (Å²) < 4.78 is 2.77. The van der Waals surface area contributed by atoms with Crippen LogP contribution in [-0.4, -0.2) is 16.7 Å². The summed E-state index contributed by atoms with van der Waals surface area (Å²) in [7, 11) is 0. The Morgan fingerprint density at radius 2 is 1.84 bits per heavy atom. The molecule has 0 saturated heterocycles. The Morgan fingerprint density at radius 1 is 0.955 bits per heavy atom. The van der Waals surface area contributed by atoms with Gasteiger partial charge in [-0.05, 0) is 198 Å². The van der Waals surface area contributed by atoms with Gasteiger partial charge in [0.15, 0.2) is 0 Å². The number of nitrogens with zero attached hydrogens (tertiary/aromatic N) is 2. The van der Waals surface area contributed by atoms with Crippen LogP contribution in [0.2, 0.25) is 0 Å². The number of hydrogen-bond donors (Lipinski definition) is 1. The summed E-state index contributed by atoms with van der Waals surface area (Å²) in [5.74, 6) is 3.16. The van der Waals surface area contributed by atoms with E-state index in [-0.39, 0.29) is 5.41 Å². The lowest BCUT2D eigenvalue weighted by molar-refractivity contribution is 0.236. The summed E-state index contributed by atoms with van der Waals surface area (Å²) in [5.41, 5.74) is 21.7. The van der Waals surface area contributed by atoms with Crippen LogP contribution in [0, 0.1) is 29.1 Å². The maximum Gasteiger partial charge on any atom is 0.0563 e. The molecule has 0 amide bonds. The molecule has 1 fully saturated rings. The summed E-state index contributed by atoms with van der Waals surface area (Å²) in [4.78, 5) is 2.77. The third kappa shape index (κ3) is 8.92. The van der Waals surface area contributed by atoms with Gasteiger partial charge in [-0.25, -0.2) is 0 Å². The summed E-state index contributed by atoms with van der Waals surface area (Å²) in [6.45, 7) is 13.7. The van der Waals surface area contributed by atoms with Crippen LogP contribution in [0.5, 0.6) is 0 Å². The zero-order valence-electron chi connectivity index (χ0n) is 41.7. The van der Waals surface area contributed by atoms with Gasteiger partial charge in [0.05, 0.1) is 12.1 Å². The third-order valence-electron chi connectivity index (χ3n) is 18.0. The molecule has 352 valence electrons. The van der Waals surface area contributed by atoms with E-state index in [1.165, 1.54) is 110 Å². The minimum absolute atomic E-state index is 0.0360. The normalized spacial score (nSPS) is 28.4. The zero-order chi connectivity index (χ0) is 46.1. The van der Waals surface area contributed by atoms with E-state index in [1.54, 1.807) is 27.5 Å². The average molecular weight is 892 g/mol. The maximum atomic E-state index is 6.87. The summed E-state index contributed by atoms with van der Waals surface area (Å²) >= 11 is 0. The predicted molar refractivity (Wildman–Crippen MR) is 287 cm³/mol. The highest BCUT2D eigenvalue weighted by atomic mass is 15.2. The standard InChI is InChI=1S/C64H81N3/c1-6-20-49(21-7-2)66-60-30-17-15-27-53(60)55-41-47(34-38-62(55)66)48-35-39-63-56(42-48)54-28-16-18-31-61(54)67(63)50-36-37-52-51(57(8-3)64(4,5)58(52)43-50)29-19-24-45(33-32-44-22-11-9-12-23-44)40-59(65)46-25-13-10-14-26-46/h6-7,9,11,15,17,19,21,25,27-31,35-37,39-40,44-45,47-50,55,62H,1,8,10,12-14,16,18,20,22-24,26,32-34,38,41-43,65H2,2-5H3/b21-7-,29-19-,59-40-. The average Bonchev–Trinajstić information content (AvgIpc) is 3.95. The highest BCUT2D eigenvalue weighted by Gasteiger charge is 2.46. The first kappa shape index (κ1) is 46.0. The molecule has 1 aromatic heterocycles. The predicted octanol–water partition coefficient (Wildman–Crippen LogP) is 14.9. The van der Waals surface area contributed by atoms with Crippen molar-refractivity contribution in [3.63, 3.8) is 0 Å². The van der Waals surface area contributed by atoms with Gasteiger partial charge < -0.3 is 15.2 Å².